The van der Waals surface area contributed by atoms with Crippen molar-refractivity contribution in [2.75, 3.05) is 39.5 Å². The van der Waals surface area contributed by atoms with E-state index in [4.69, 9.17) is 0 Å². The minimum Gasteiger partial charge on any atom is -0.356 e. The first-order valence-corrected chi connectivity index (χ1v) is 10.1. The fourth-order valence-electron chi connectivity index (χ4n) is 3.33. The molecule has 1 atom stereocenters. The summed E-state index contributed by atoms with van der Waals surface area (Å²) in [6.07, 6.45) is 7.36. The highest BCUT2D eigenvalue weighted by molar-refractivity contribution is 7.88. The van der Waals surface area contributed by atoms with Crippen LogP contribution in [0.2, 0.25) is 0 Å². The number of rotatable bonds is 6. The van der Waals surface area contributed by atoms with Crippen LogP contribution >= 0.6 is 0 Å². The van der Waals surface area contributed by atoms with Crippen molar-refractivity contribution in [3.05, 3.63) is 0 Å². The number of guanidine groups is 1. The van der Waals surface area contributed by atoms with Gasteiger partial charge in [-0.25, -0.2) is 12.7 Å². The van der Waals surface area contributed by atoms with Crippen molar-refractivity contribution >= 4 is 16.0 Å². The van der Waals surface area contributed by atoms with Gasteiger partial charge in [0, 0.05) is 33.2 Å². The average Bonchev–Trinajstić information content (AvgIpc) is 2.90. The number of aliphatic imine (C=N–C) groups is 1. The predicted octanol–water partition coefficient (Wildman–Crippen LogP) is 1.01. The molecule has 0 aromatic rings. The summed E-state index contributed by atoms with van der Waals surface area (Å²) in [5.41, 5.74) is 0.456. The molecule has 1 saturated heterocycles. The maximum atomic E-state index is 11.5. The summed E-state index contributed by atoms with van der Waals surface area (Å²) in [4.78, 5) is 4.28. The van der Waals surface area contributed by atoms with E-state index in [2.05, 4.69) is 22.5 Å². The molecular formula is C15H30N4O2S. The van der Waals surface area contributed by atoms with Gasteiger partial charge in [-0.3, -0.25) is 4.99 Å². The van der Waals surface area contributed by atoms with Crippen LogP contribution in [0.3, 0.4) is 0 Å². The van der Waals surface area contributed by atoms with Crippen LogP contribution in [0.15, 0.2) is 4.99 Å². The molecule has 0 radical (unpaired) electrons. The summed E-state index contributed by atoms with van der Waals surface area (Å²) < 4.78 is 24.6. The molecule has 2 rings (SSSR count). The van der Waals surface area contributed by atoms with Gasteiger partial charge in [0.1, 0.15) is 0 Å². The lowest BCUT2D eigenvalue weighted by Gasteiger charge is -2.41. The van der Waals surface area contributed by atoms with Crippen molar-refractivity contribution in [1.82, 2.24) is 14.9 Å². The molecule has 0 aromatic carbocycles. The second-order valence-electron chi connectivity index (χ2n) is 6.79. The van der Waals surface area contributed by atoms with E-state index in [0.717, 1.165) is 25.5 Å². The molecule has 6 nitrogen and oxygen atoms in total. The summed E-state index contributed by atoms with van der Waals surface area (Å²) >= 11 is 0. The smallest absolute Gasteiger partial charge is 0.211 e. The molecule has 2 aliphatic rings. The van der Waals surface area contributed by atoms with Gasteiger partial charge in [0.25, 0.3) is 0 Å². The second kappa shape index (κ2) is 7.17. The normalized spacial score (nSPS) is 25.8. The fraction of sp³-hybridized carbons (Fsp3) is 0.933. The van der Waals surface area contributed by atoms with Crippen molar-refractivity contribution in [1.29, 1.82) is 0 Å². The van der Waals surface area contributed by atoms with Gasteiger partial charge < -0.3 is 10.6 Å². The Kier molecular flexibility index (Phi) is 5.71. The van der Waals surface area contributed by atoms with Gasteiger partial charge in [0.15, 0.2) is 5.96 Å². The van der Waals surface area contributed by atoms with Crippen LogP contribution in [0.4, 0.5) is 0 Å². The zero-order valence-electron chi connectivity index (χ0n) is 14.1. The molecule has 128 valence electrons. The minimum atomic E-state index is -3.05. The molecule has 7 heteroatoms. The second-order valence-corrected chi connectivity index (χ2v) is 8.77. The van der Waals surface area contributed by atoms with Crippen molar-refractivity contribution in [2.45, 2.75) is 39.0 Å². The Bertz CT molecular complexity index is 494. The van der Waals surface area contributed by atoms with Gasteiger partial charge in [0.2, 0.25) is 10.0 Å². The van der Waals surface area contributed by atoms with Crippen LogP contribution in [-0.2, 0) is 10.0 Å². The zero-order chi connectivity index (χ0) is 16.2. The van der Waals surface area contributed by atoms with E-state index >= 15 is 0 Å². The van der Waals surface area contributed by atoms with Gasteiger partial charge in [-0.05, 0) is 37.0 Å². The Morgan fingerprint density at radius 3 is 2.55 bits per heavy atom. The van der Waals surface area contributed by atoms with E-state index in [1.54, 1.807) is 11.4 Å². The van der Waals surface area contributed by atoms with E-state index in [1.807, 2.05) is 0 Å². The standard InChI is InChI=1S/C15H30N4O2S/c1-4-15(7-5-8-15)12-18-14(16-2)17-10-13-6-9-19(11-13)22(3,20)21/h13H,4-12H2,1-3H3,(H2,16,17,18). The number of nitrogens with one attached hydrogen (secondary N) is 2. The summed E-state index contributed by atoms with van der Waals surface area (Å²) in [6.45, 7) is 5.25. The van der Waals surface area contributed by atoms with Crippen LogP contribution in [-0.4, -0.2) is 58.2 Å². The highest BCUT2D eigenvalue weighted by Crippen LogP contribution is 2.42. The minimum absolute atomic E-state index is 0.358. The Labute approximate surface area is 134 Å². The van der Waals surface area contributed by atoms with Crippen LogP contribution in [0, 0.1) is 11.3 Å². The predicted molar refractivity (Wildman–Crippen MR) is 90.5 cm³/mol. The third-order valence-electron chi connectivity index (χ3n) is 5.29. The number of sulfonamides is 1. The van der Waals surface area contributed by atoms with Crippen molar-refractivity contribution < 1.29 is 8.42 Å². The highest BCUT2D eigenvalue weighted by atomic mass is 32.2. The molecule has 0 bridgehead atoms. The Balaban J connectivity index is 1.73. The van der Waals surface area contributed by atoms with Gasteiger partial charge in [-0.2, -0.15) is 0 Å². The summed E-state index contributed by atoms with van der Waals surface area (Å²) in [5.74, 6) is 1.19. The zero-order valence-corrected chi connectivity index (χ0v) is 14.9. The monoisotopic (exact) mass is 330 g/mol. The summed E-state index contributed by atoms with van der Waals surface area (Å²) in [7, 11) is -1.26. The first-order valence-electron chi connectivity index (χ1n) is 8.28. The maximum absolute atomic E-state index is 11.5. The highest BCUT2D eigenvalue weighted by Gasteiger charge is 2.35. The number of hydrogen-bond acceptors (Lipinski definition) is 3. The van der Waals surface area contributed by atoms with E-state index < -0.39 is 10.0 Å². The molecule has 1 heterocycles. The molecule has 0 aromatic heterocycles. The maximum Gasteiger partial charge on any atom is 0.211 e. The fourth-order valence-corrected chi connectivity index (χ4v) is 4.25. The quantitative estimate of drug-likeness (QED) is 0.563. The number of hydrogen-bond donors (Lipinski definition) is 2. The van der Waals surface area contributed by atoms with E-state index in [9.17, 15) is 8.42 Å². The number of nitrogens with zero attached hydrogens (tertiary/aromatic N) is 2. The van der Waals surface area contributed by atoms with E-state index in [-0.39, 0.29) is 0 Å². The molecular weight excluding hydrogens is 300 g/mol. The molecule has 2 fully saturated rings. The summed E-state index contributed by atoms with van der Waals surface area (Å²) in [5, 5.41) is 6.78. The SMILES string of the molecule is CCC1(CNC(=NC)NCC2CCN(S(C)(=O)=O)C2)CCC1. The molecule has 0 amide bonds. The third kappa shape index (κ3) is 4.35. The van der Waals surface area contributed by atoms with Crippen molar-refractivity contribution in [2.24, 2.45) is 16.3 Å². The van der Waals surface area contributed by atoms with Crippen molar-refractivity contribution in [3.8, 4) is 0 Å². The Morgan fingerprint density at radius 2 is 2.09 bits per heavy atom. The average molecular weight is 330 g/mol. The van der Waals surface area contributed by atoms with Crippen LogP contribution in [0.5, 0.6) is 0 Å². The molecule has 1 saturated carbocycles. The summed E-state index contributed by atoms with van der Waals surface area (Å²) in [6, 6.07) is 0. The lowest BCUT2D eigenvalue weighted by Crippen LogP contribution is -2.47. The van der Waals surface area contributed by atoms with Crippen molar-refractivity contribution in [3.63, 3.8) is 0 Å². The topological polar surface area (TPSA) is 73.8 Å². The lowest BCUT2D eigenvalue weighted by molar-refractivity contribution is 0.131. The molecule has 22 heavy (non-hydrogen) atoms. The molecule has 1 unspecified atom stereocenters. The first-order chi connectivity index (χ1) is 10.4. The van der Waals surface area contributed by atoms with Crippen LogP contribution < -0.4 is 10.6 Å². The lowest BCUT2D eigenvalue weighted by atomic mass is 9.67. The van der Waals surface area contributed by atoms with Crippen LogP contribution in [0.1, 0.15) is 39.0 Å². The van der Waals surface area contributed by atoms with Gasteiger partial charge in [0.05, 0.1) is 6.26 Å². The molecule has 0 spiro atoms. The van der Waals surface area contributed by atoms with E-state index in [0.29, 0.717) is 24.4 Å². The molecule has 1 aliphatic heterocycles. The van der Waals surface area contributed by atoms with E-state index in [1.165, 1.54) is 31.9 Å². The molecule has 2 N–H and O–H groups in total. The van der Waals surface area contributed by atoms with Crippen LogP contribution in [0.25, 0.3) is 0 Å². The molecule has 1 aliphatic carbocycles. The van der Waals surface area contributed by atoms with Gasteiger partial charge in [-0.1, -0.05) is 13.3 Å². The van der Waals surface area contributed by atoms with Gasteiger partial charge >= 0.3 is 0 Å². The van der Waals surface area contributed by atoms with Gasteiger partial charge in [-0.15, -0.1) is 0 Å². The Hall–Kier alpha value is -0.820. The Morgan fingerprint density at radius 1 is 1.36 bits per heavy atom. The largest absolute Gasteiger partial charge is 0.356 e. The third-order valence-corrected chi connectivity index (χ3v) is 6.56. The first kappa shape index (κ1) is 17.5.